The van der Waals surface area contributed by atoms with Crippen LogP contribution in [-0.2, 0) is 14.8 Å². The third-order valence-corrected chi connectivity index (χ3v) is 4.12. The first-order valence-electron chi connectivity index (χ1n) is 5.44. The second-order valence-electron chi connectivity index (χ2n) is 4.03. The van der Waals surface area contributed by atoms with E-state index in [1.165, 1.54) is 19.1 Å². The Morgan fingerprint density at radius 1 is 1.50 bits per heavy atom. The molecule has 1 aromatic carbocycles. The van der Waals surface area contributed by atoms with Gasteiger partial charge in [0, 0.05) is 25.2 Å². The lowest BCUT2D eigenvalue weighted by Crippen LogP contribution is -2.30. The van der Waals surface area contributed by atoms with Gasteiger partial charge in [-0.2, -0.15) is 0 Å². The zero-order valence-electron chi connectivity index (χ0n) is 10.9. The Kier molecular flexibility index (Phi) is 5.63. The Bertz CT molecular complexity index is 621. The highest BCUT2D eigenvalue weighted by Crippen LogP contribution is 2.24. The summed E-state index contributed by atoms with van der Waals surface area (Å²) in [5, 5.41) is 4.91. The van der Waals surface area contributed by atoms with Crippen molar-refractivity contribution < 1.29 is 22.3 Å². The minimum absolute atomic E-state index is 0.00836. The number of primary sulfonamides is 1. The number of nitrogens with zero attached hydrogens (tertiary/aromatic N) is 1. The summed E-state index contributed by atoms with van der Waals surface area (Å²) >= 11 is 3.03. The minimum atomic E-state index is -4.24. The second-order valence-corrected chi connectivity index (χ2v) is 6.41. The minimum Gasteiger partial charge on any atom is -0.383 e. The van der Waals surface area contributed by atoms with Crippen LogP contribution in [0.1, 0.15) is 10.4 Å². The molecule has 0 aliphatic carbocycles. The van der Waals surface area contributed by atoms with Gasteiger partial charge in [-0.25, -0.2) is 17.9 Å². The first-order chi connectivity index (χ1) is 9.18. The molecular formula is C11H14BrFN2O4S. The van der Waals surface area contributed by atoms with Crippen LogP contribution < -0.4 is 5.14 Å². The third kappa shape index (κ3) is 3.98. The quantitative estimate of drug-likeness (QED) is 0.837. The van der Waals surface area contributed by atoms with Crippen LogP contribution in [0, 0.1) is 5.82 Å². The summed E-state index contributed by atoms with van der Waals surface area (Å²) in [6, 6.07) is 1.82. The summed E-state index contributed by atoms with van der Waals surface area (Å²) in [6.07, 6.45) is 0. The van der Waals surface area contributed by atoms with E-state index in [-0.39, 0.29) is 10.0 Å². The molecule has 0 saturated carbocycles. The van der Waals surface area contributed by atoms with E-state index in [4.69, 9.17) is 9.88 Å². The van der Waals surface area contributed by atoms with E-state index in [1.807, 2.05) is 0 Å². The van der Waals surface area contributed by atoms with Gasteiger partial charge in [0.25, 0.3) is 5.91 Å². The van der Waals surface area contributed by atoms with Crippen molar-refractivity contribution in [1.82, 2.24) is 4.90 Å². The Morgan fingerprint density at radius 3 is 2.60 bits per heavy atom. The highest BCUT2D eigenvalue weighted by atomic mass is 79.9. The highest BCUT2D eigenvalue weighted by Gasteiger charge is 2.22. The predicted octanol–water partition coefficient (Wildman–Crippen LogP) is 0.954. The van der Waals surface area contributed by atoms with Gasteiger partial charge in [-0.05, 0) is 28.1 Å². The van der Waals surface area contributed by atoms with E-state index in [0.717, 1.165) is 12.1 Å². The smallest absolute Gasteiger partial charge is 0.254 e. The second kappa shape index (κ2) is 6.61. The SMILES string of the molecule is COCCN(C)C(=O)c1cc(S(N)(=O)=O)c(F)cc1Br. The van der Waals surface area contributed by atoms with Crippen LogP contribution >= 0.6 is 15.9 Å². The van der Waals surface area contributed by atoms with Gasteiger partial charge < -0.3 is 9.64 Å². The maximum Gasteiger partial charge on any atom is 0.254 e. The van der Waals surface area contributed by atoms with Crippen LogP contribution in [0.25, 0.3) is 0 Å². The zero-order chi connectivity index (χ0) is 15.5. The lowest BCUT2D eigenvalue weighted by Gasteiger charge is -2.18. The summed E-state index contributed by atoms with van der Waals surface area (Å²) in [4.78, 5) is 12.8. The molecule has 0 saturated heterocycles. The predicted molar refractivity (Wildman–Crippen MR) is 74.3 cm³/mol. The number of sulfonamides is 1. The van der Waals surface area contributed by atoms with E-state index in [1.54, 1.807) is 0 Å². The third-order valence-electron chi connectivity index (χ3n) is 2.54. The molecule has 0 spiro atoms. The molecule has 1 rings (SSSR count). The lowest BCUT2D eigenvalue weighted by molar-refractivity contribution is 0.0743. The van der Waals surface area contributed by atoms with E-state index < -0.39 is 26.6 Å². The number of methoxy groups -OCH3 is 1. The van der Waals surface area contributed by atoms with Gasteiger partial charge in [0.2, 0.25) is 10.0 Å². The number of halogens is 2. The first-order valence-corrected chi connectivity index (χ1v) is 7.78. The fourth-order valence-corrected chi connectivity index (χ4v) is 2.54. The molecule has 0 fully saturated rings. The van der Waals surface area contributed by atoms with Crippen LogP contribution in [0.15, 0.2) is 21.5 Å². The van der Waals surface area contributed by atoms with Gasteiger partial charge in [0.05, 0.1) is 12.2 Å². The summed E-state index contributed by atoms with van der Waals surface area (Å²) in [5.74, 6) is -1.49. The number of likely N-dealkylation sites (N-methyl/N-ethyl adjacent to an activating group) is 1. The van der Waals surface area contributed by atoms with Crippen LogP contribution in [0.2, 0.25) is 0 Å². The van der Waals surface area contributed by atoms with Crippen molar-refractivity contribution in [1.29, 1.82) is 0 Å². The van der Waals surface area contributed by atoms with Gasteiger partial charge in [-0.1, -0.05) is 0 Å². The van der Waals surface area contributed by atoms with Crippen LogP contribution in [0.3, 0.4) is 0 Å². The van der Waals surface area contributed by atoms with Crippen LogP contribution in [0.4, 0.5) is 4.39 Å². The first kappa shape index (κ1) is 17.0. The van der Waals surface area contributed by atoms with Crippen LogP contribution in [0.5, 0.6) is 0 Å². The average Bonchev–Trinajstić information content (AvgIpc) is 2.33. The standard InChI is InChI=1S/C11H14BrFN2O4S/c1-15(3-4-19-2)11(16)7-5-10(20(14,17)18)9(13)6-8(7)12/h5-6H,3-4H2,1-2H3,(H2,14,17,18). The van der Waals surface area contributed by atoms with Crippen molar-refractivity contribution in [3.05, 3.63) is 28.0 Å². The Morgan fingerprint density at radius 2 is 2.10 bits per heavy atom. The molecule has 1 amide bonds. The number of hydrogen-bond acceptors (Lipinski definition) is 4. The molecule has 0 heterocycles. The average molecular weight is 369 g/mol. The molecule has 0 bridgehead atoms. The van der Waals surface area contributed by atoms with Crippen molar-refractivity contribution >= 4 is 31.9 Å². The molecule has 0 aliphatic rings. The topological polar surface area (TPSA) is 89.7 Å². The van der Waals surface area contributed by atoms with Gasteiger partial charge in [-0.3, -0.25) is 4.79 Å². The number of carbonyl (C=O) groups excluding carboxylic acids is 1. The maximum absolute atomic E-state index is 13.6. The Hall–Kier alpha value is -1.03. The number of ether oxygens (including phenoxy) is 1. The zero-order valence-corrected chi connectivity index (χ0v) is 13.3. The van der Waals surface area contributed by atoms with Crippen molar-refractivity contribution in [2.24, 2.45) is 5.14 Å². The molecule has 0 atom stereocenters. The van der Waals surface area contributed by atoms with Gasteiger partial charge in [0.1, 0.15) is 10.7 Å². The van der Waals surface area contributed by atoms with E-state index in [0.29, 0.717) is 13.2 Å². The molecule has 0 unspecified atom stereocenters. The van der Waals surface area contributed by atoms with Gasteiger partial charge in [-0.15, -0.1) is 0 Å². The Balaban J connectivity index is 3.22. The summed E-state index contributed by atoms with van der Waals surface area (Å²) in [6.45, 7) is 0.632. The monoisotopic (exact) mass is 368 g/mol. The van der Waals surface area contributed by atoms with E-state index >= 15 is 0 Å². The largest absolute Gasteiger partial charge is 0.383 e. The van der Waals surface area contributed by atoms with Crippen molar-refractivity contribution in [2.75, 3.05) is 27.3 Å². The van der Waals surface area contributed by atoms with Crippen molar-refractivity contribution in [2.45, 2.75) is 4.90 Å². The number of rotatable bonds is 5. The Labute approximate surface area is 124 Å². The van der Waals surface area contributed by atoms with E-state index in [9.17, 15) is 17.6 Å². The molecule has 1 aromatic rings. The number of amides is 1. The van der Waals surface area contributed by atoms with Crippen LogP contribution in [-0.4, -0.2) is 46.5 Å². The van der Waals surface area contributed by atoms with Crippen molar-refractivity contribution in [3.63, 3.8) is 0 Å². The fourth-order valence-electron chi connectivity index (χ4n) is 1.45. The van der Waals surface area contributed by atoms with E-state index in [2.05, 4.69) is 15.9 Å². The summed E-state index contributed by atoms with van der Waals surface area (Å²) in [7, 11) is -1.23. The lowest BCUT2D eigenvalue weighted by atomic mass is 10.2. The fraction of sp³-hybridized carbons (Fsp3) is 0.364. The molecule has 9 heteroatoms. The summed E-state index contributed by atoms with van der Waals surface area (Å²) in [5.41, 5.74) is 0.00836. The number of hydrogen-bond donors (Lipinski definition) is 1. The molecule has 0 aliphatic heterocycles. The maximum atomic E-state index is 13.6. The molecule has 0 radical (unpaired) electrons. The molecule has 6 nitrogen and oxygen atoms in total. The molecule has 112 valence electrons. The van der Waals surface area contributed by atoms with Crippen molar-refractivity contribution in [3.8, 4) is 0 Å². The normalized spacial score (nSPS) is 11.4. The highest BCUT2D eigenvalue weighted by molar-refractivity contribution is 9.10. The molecule has 20 heavy (non-hydrogen) atoms. The van der Waals surface area contributed by atoms with Gasteiger partial charge >= 0.3 is 0 Å². The number of benzene rings is 1. The molecule has 0 aromatic heterocycles. The summed E-state index contributed by atoms with van der Waals surface area (Å²) < 4.78 is 41.1. The molecule has 2 N–H and O–H groups in total. The van der Waals surface area contributed by atoms with Gasteiger partial charge in [0.15, 0.2) is 0 Å². The number of nitrogens with two attached hydrogens (primary N) is 1. The molecular weight excluding hydrogens is 355 g/mol. The number of carbonyl (C=O) groups is 1.